The van der Waals surface area contributed by atoms with Gasteiger partial charge in [-0.3, -0.25) is 4.79 Å². The highest BCUT2D eigenvalue weighted by molar-refractivity contribution is 6.31. The van der Waals surface area contributed by atoms with E-state index >= 15 is 0 Å². The molecule has 0 radical (unpaired) electrons. The second-order valence-electron chi connectivity index (χ2n) is 5.80. The molecule has 0 spiro atoms. The van der Waals surface area contributed by atoms with Crippen LogP contribution in [0.4, 0.5) is 4.39 Å². The SMILES string of the molecule is CN(C(=O)c1cc(Cl)ccc1F)C1CC2CCC(C1)N2. The van der Waals surface area contributed by atoms with E-state index in [0.717, 1.165) is 12.8 Å². The summed E-state index contributed by atoms with van der Waals surface area (Å²) >= 11 is 5.86. The minimum atomic E-state index is -0.511. The molecule has 2 bridgehead atoms. The van der Waals surface area contributed by atoms with E-state index in [-0.39, 0.29) is 17.5 Å². The molecule has 2 unspecified atom stereocenters. The molecule has 2 atom stereocenters. The number of halogens is 2. The second kappa shape index (κ2) is 5.34. The topological polar surface area (TPSA) is 32.3 Å². The standard InChI is InChI=1S/C15H18ClFN2O/c1-19(12-7-10-3-4-11(8-12)18-10)15(20)13-6-9(16)2-5-14(13)17/h2,5-6,10-12,18H,3-4,7-8H2,1H3. The maximum absolute atomic E-state index is 13.8. The Morgan fingerprint density at radius 1 is 1.35 bits per heavy atom. The molecule has 1 N–H and O–H groups in total. The molecule has 2 saturated heterocycles. The molecule has 20 heavy (non-hydrogen) atoms. The Balaban J connectivity index is 1.78. The predicted molar refractivity (Wildman–Crippen MR) is 76.5 cm³/mol. The van der Waals surface area contributed by atoms with Crippen LogP contribution in [0.5, 0.6) is 0 Å². The molecule has 0 aromatic heterocycles. The second-order valence-corrected chi connectivity index (χ2v) is 6.24. The summed E-state index contributed by atoms with van der Waals surface area (Å²) in [5, 5.41) is 3.92. The zero-order chi connectivity index (χ0) is 14.3. The van der Waals surface area contributed by atoms with Gasteiger partial charge < -0.3 is 10.2 Å². The van der Waals surface area contributed by atoms with E-state index < -0.39 is 5.82 Å². The monoisotopic (exact) mass is 296 g/mol. The molecular weight excluding hydrogens is 279 g/mol. The van der Waals surface area contributed by atoms with Crippen LogP contribution in [-0.4, -0.2) is 36.0 Å². The molecule has 2 fully saturated rings. The first-order valence-electron chi connectivity index (χ1n) is 7.03. The van der Waals surface area contributed by atoms with Gasteiger partial charge in [-0.15, -0.1) is 0 Å². The fraction of sp³-hybridized carbons (Fsp3) is 0.533. The van der Waals surface area contributed by atoms with Crippen LogP contribution >= 0.6 is 11.6 Å². The molecule has 2 aliphatic rings. The van der Waals surface area contributed by atoms with Gasteiger partial charge in [0, 0.05) is 30.2 Å². The highest BCUT2D eigenvalue weighted by Gasteiger charge is 2.36. The first-order chi connectivity index (χ1) is 9.54. The molecule has 1 aromatic carbocycles. The van der Waals surface area contributed by atoms with Crippen molar-refractivity contribution in [3.05, 3.63) is 34.6 Å². The lowest BCUT2D eigenvalue weighted by Crippen LogP contribution is -2.48. The summed E-state index contributed by atoms with van der Waals surface area (Å²) in [7, 11) is 1.76. The molecule has 3 nitrogen and oxygen atoms in total. The van der Waals surface area contributed by atoms with Crippen molar-refractivity contribution < 1.29 is 9.18 Å². The minimum Gasteiger partial charge on any atom is -0.339 e. The van der Waals surface area contributed by atoms with Crippen LogP contribution in [0.15, 0.2) is 18.2 Å². The van der Waals surface area contributed by atoms with E-state index in [9.17, 15) is 9.18 Å². The number of fused-ring (bicyclic) bond motifs is 2. The number of carbonyl (C=O) groups excluding carboxylic acids is 1. The number of rotatable bonds is 2. The molecule has 1 aromatic rings. The number of nitrogens with zero attached hydrogens (tertiary/aromatic N) is 1. The summed E-state index contributed by atoms with van der Waals surface area (Å²) in [4.78, 5) is 14.1. The van der Waals surface area contributed by atoms with Crippen LogP contribution in [0.3, 0.4) is 0 Å². The third kappa shape index (κ3) is 2.54. The number of piperidine rings is 1. The van der Waals surface area contributed by atoms with Crippen molar-refractivity contribution in [3.8, 4) is 0 Å². The Morgan fingerprint density at radius 2 is 2.00 bits per heavy atom. The number of hydrogen-bond donors (Lipinski definition) is 1. The normalized spacial score (nSPS) is 28.4. The van der Waals surface area contributed by atoms with Crippen LogP contribution in [0.1, 0.15) is 36.0 Å². The lowest BCUT2D eigenvalue weighted by molar-refractivity contribution is 0.0677. The molecule has 5 heteroatoms. The molecule has 0 saturated carbocycles. The van der Waals surface area contributed by atoms with Gasteiger partial charge in [0.2, 0.25) is 0 Å². The van der Waals surface area contributed by atoms with Crippen molar-refractivity contribution in [3.63, 3.8) is 0 Å². The molecule has 1 amide bonds. The summed E-state index contributed by atoms with van der Waals surface area (Å²) in [6.07, 6.45) is 4.24. The van der Waals surface area contributed by atoms with Crippen LogP contribution in [0, 0.1) is 5.82 Å². The summed E-state index contributed by atoms with van der Waals surface area (Å²) in [5.41, 5.74) is 0.0610. The van der Waals surface area contributed by atoms with Gasteiger partial charge in [-0.25, -0.2) is 4.39 Å². The lowest BCUT2D eigenvalue weighted by atomic mass is 9.98. The van der Waals surface area contributed by atoms with Crippen molar-refractivity contribution >= 4 is 17.5 Å². The molecule has 3 rings (SSSR count). The Hall–Kier alpha value is -1.13. The average Bonchev–Trinajstić information content (AvgIpc) is 2.78. The third-order valence-electron chi connectivity index (χ3n) is 4.48. The average molecular weight is 297 g/mol. The summed E-state index contributed by atoms with van der Waals surface area (Å²) in [5.74, 6) is -0.792. The van der Waals surface area contributed by atoms with Crippen molar-refractivity contribution in [2.24, 2.45) is 0 Å². The van der Waals surface area contributed by atoms with E-state index in [1.807, 2.05) is 0 Å². The maximum Gasteiger partial charge on any atom is 0.256 e. The fourth-order valence-electron chi connectivity index (χ4n) is 3.36. The number of nitrogens with one attached hydrogen (secondary N) is 1. The third-order valence-corrected chi connectivity index (χ3v) is 4.71. The summed E-state index contributed by atoms with van der Waals surface area (Å²) < 4.78 is 13.8. The van der Waals surface area contributed by atoms with Crippen molar-refractivity contribution in [1.82, 2.24) is 10.2 Å². The van der Waals surface area contributed by atoms with Gasteiger partial charge in [0.15, 0.2) is 0 Å². The van der Waals surface area contributed by atoms with Crippen LogP contribution in [0.2, 0.25) is 5.02 Å². The quantitative estimate of drug-likeness (QED) is 0.910. The lowest BCUT2D eigenvalue weighted by Gasteiger charge is -2.35. The van der Waals surface area contributed by atoms with Crippen molar-refractivity contribution in [2.45, 2.75) is 43.8 Å². The Kier molecular flexibility index (Phi) is 3.69. The van der Waals surface area contributed by atoms with Gasteiger partial charge in [-0.1, -0.05) is 11.6 Å². The van der Waals surface area contributed by atoms with E-state index in [1.165, 1.54) is 31.0 Å². The Bertz CT molecular complexity index is 525. The van der Waals surface area contributed by atoms with E-state index in [4.69, 9.17) is 11.6 Å². The zero-order valence-corrected chi connectivity index (χ0v) is 12.2. The largest absolute Gasteiger partial charge is 0.339 e. The minimum absolute atomic E-state index is 0.0610. The fourth-order valence-corrected chi connectivity index (χ4v) is 3.53. The van der Waals surface area contributed by atoms with Gasteiger partial charge >= 0.3 is 0 Å². The van der Waals surface area contributed by atoms with Crippen LogP contribution in [0.25, 0.3) is 0 Å². The van der Waals surface area contributed by atoms with Crippen LogP contribution < -0.4 is 5.32 Å². The molecule has 2 heterocycles. The van der Waals surface area contributed by atoms with Gasteiger partial charge in [0.25, 0.3) is 5.91 Å². The van der Waals surface area contributed by atoms with Crippen LogP contribution in [-0.2, 0) is 0 Å². The highest BCUT2D eigenvalue weighted by atomic mass is 35.5. The maximum atomic E-state index is 13.8. The first kappa shape index (κ1) is 13.8. The number of carbonyl (C=O) groups is 1. The molecule has 2 aliphatic heterocycles. The Labute approximate surface area is 123 Å². The summed E-state index contributed by atoms with van der Waals surface area (Å²) in [6.45, 7) is 0. The van der Waals surface area contributed by atoms with E-state index in [1.54, 1.807) is 11.9 Å². The van der Waals surface area contributed by atoms with Gasteiger partial charge in [-0.05, 0) is 43.9 Å². The summed E-state index contributed by atoms with van der Waals surface area (Å²) in [6, 6.07) is 5.29. The molecule has 0 aliphatic carbocycles. The number of benzene rings is 1. The molecule has 108 valence electrons. The van der Waals surface area contributed by atoms with Gasteiger partial charge in [0.05, 0.1) is 5.56 Å². The zero-order valence-electron chi connectivity index (χ0n) is 11.4. The van der Waals surface area contributed by atoms with Gasteiger partial charge in [0.1, 0.15) is 5.82 Å². The first-order valence-corrected chi connectivity index (χ1v) is 7.40. The van der Waals surface area contributed by atoms with E-state index in [2.05, 4.69) is 5.32 Å². The Morgan fingerprint density at radius 3 is 2.65 bits per heavy atom. The highest BCUT2D eigenvalue weighted by Crippen LogP contribution is 2.30. The van der Waals surface area contributed by atoms with Crippen molar-refractivity contribution in [1.29, 1.82) is 0 Å². The van der Waals surface area contributed by atoms with E-state index in [0.29, 0.717) is 17.1 Å². The smallest absolute Gasteiger partial charge is 0.256 e. The van der Waals surface area contributed by atoms with Gasteiger partial charge in [-0.2, -0.15) is 0 Å². The number of amides is 1. The molecular formula is C15H18ClFN2O. The van der Waals surface area contributed by atoms with Crippen molar-refractivity contribution in [2.75, 3.05) is 7.05 Å². The predicted octanol–water partition coefficient (Wildman–Crippen LogP) is 2.83. The number of hydrogen-bond acceptors (Lipinski definition) is 2.